The summed E-state index contributed by atoms with van der Waals surface area (Å²) in [4.78, 5) is 12.7. The first-order valence-electron chi connectivity index (χ1n) is 8.89. The van der Waals surface area contributed by atoms with Crippen LogP contribution in [-0.2, 0) is 4.74 Å². The van der Waals surface area contributed by atoms with E-state index in [1.54, 1.807) is 19.1 Å². The van der Waals surface area contributed by atoms with E-state index in [1.807, 2.05) is 24.3 Å². The Balaban J connectivity index is 0.00000181. The van der Waals surface area contributed by atoms with Crippen LogP contribution in [0.5, 0.6) is 5.75 Å². The Hall–Kier alpha value is 0.406. The van der Waals surface area contributed by atoms with Crippen LogP contribution in [0.3, 0.4) is 0 Å². The number of allylic oxidation sites excluding steroid dienone is 1. The summed E-state index contributed by atoms with van der Waals surface area (Å²) < 4.78 is 13.9. The van der Waals surface area contributed by atoms with Gasteiger partial charge < -0.3 is 20.1 Å². The third kappa shape index (κ3) is 5.30. The van der Waals surface area contributed by atoms with Gasteiger partial charge in [-0.05, 0) is 46.1 Å². The Morgan fingerprint density at radius 2 is 1.88 bits per heavy atom. The number of fused-ring (bicyclic) bond motifs is 2. The number of aliphatic hydroxyl groups is 1. The minimum absolute atomic E-state index is 0. The van der Waals surface area contributed by atoms with E-state index < -0.39 is 12.1 Å². The Bertz CT molecular complexity index is 1170. The van der Waals surface area contributed by atoms with Crippen molar-refractivity contribution in [3.63, 3.8) is 0 Å². The normalized spacial score (nSPS) is 16.7. The van der Waals surface area contributed by atoms with Crippen LogP contribution in [0.25, 0.3) is 5.57 Å². The summed E-state index contributed by atoms with van der Waals surface area (Å²) in [6.07, 6.45) is 0.925. The number of hydrogen-bond acceptors (Lipinski definition) is 5. The Labute approximate surface area is 261 Å². The molecular weight excluding hydrogens is 703 g/mol. The zero-order valence-electron chi connectivity index (χ0n) is 16.9. The van der Waals surface area contributed by atoms with Gasteiger partial charge in [-0.25, -0.2) is 4.79 Å². The number of aliphatic hydroxyl groups excluding tert-OH is 1. The summed E-state index contributed by atoms with van der Waals surface area (Å²) in [5.74, 6) is 0.614. The molecule has 32 heavy (non-hydrogen) atoms. The summed E-state index contributed by atoms with van der Waals surface area (Å²) in [6.45, 7) is 2.05. The maximum Gasteiger partial charge on any atom is 1.00 e. The largest absolute Gasteiger partial charge is 1.00 e. The Morgan fingerprint density at radius 3 is 2.56 bits per heavy atom. The fraction of sp³-hybridized carbons (Fsp3) is 0.136. The zero-order chi connectivity index (χ0) is 21.6. The molecule has 0 spiro atoms. The van der Waals surface area contributed by atoms with Gasteiger partial charge in [0.2, 0.25) is 0 Å². The van der Waals surface area contributed by atoms with Crippen LogP contribution in [0.4, 0.5) is 0 Å². The molecule has 0 saturated carbocycles. The molecule has 1 aliphatic carbocycles. The molecular formula is C22H14Br4KO5-. The predicted octanol–water partition coefficient (Wildman–Crippen LogP) is 3.47. The van der Waals surface area contributed by atoms with E-state index >= 15 is 0 Å². The van der Waals surface area contributed by atoms with Gasteiger partial charge in [-0.15, -0.1) is 6.07 Å². The van der Waals surface area contributed by atoms with E-state index in [0.29, 0.717) is 36.1 Å². The van der Waals surface area contributed by atoms with Crippen molar-refractivity contribution >= 4 is 75.3 Å². The van der Waals surface area contributed by atoms with E-state index in [2.05, 4.69) is 69.8 Å². The van der Waals surface area contributed by atoms with Crippen LogP contribution in [-0.4, -0.2) is 29.3 Å². The maximum absolute atomic E-state index is 12.7. The molecule has 10 heteroatoms. The predicted molar refractivity (Wildman–Crippen MR) is 131 cm³/mol. The number of carbonyl (C=O) groups is 1. The molecule has 2 N–H and O–H groups in total. The van der Waals surface area contributed by atoms with Crippen molar-refractivity contribution in [2.24, 2.45) is 0 Å². The van der Waals surface area contributed by atoms with Crippen LogP contribution in [0, 0.1) is 6.07 Å². The average molecular weight is 717 g/mol. The molecule has 1 heterocycles. The van der Waals surface area contributed by atoms with Crippen LogP contribution in [0.2, 0.25) is 0 Å². The van der Waals surface area contributed by atoms with Gasteiger partial charge in [-0.1, -0.05) is 80.5 Å². The molecule has 2 aromatic rings. The number of hydrogen-bond donors (Lipinski definition) is 1. The van der Waals surface area contributed by atoms with Gasteiger partial charge >= 0.3 is 57.4 Å². The quantitative estimate of drug-likeness (QED) is 0.299. The third-order valence-electron chi connectivity index (χ3n) is 4.62. The van der Waals surface area contributed by atoms with Gasteiger partial charge in [0.05, 0.1) is 16.7 Å². The van der Waals surface area contributed by atoms with Gasteiger partial charge in [0.25, 0.3) is 0 Å². The van der Waals surface area contributed by atoms with Gasteiger partial charge in [-0.3, -0.25) is 0 Å². The second-order valence-electron chi connectivity index (χ2n) is 6.44. The molecule has 0 aromatic heterocycles. The number of benzene rings is 2. The van der Waals surface area contributed by atoms with Crippen LogP contribution in [0.1, 0.15) is 28.4 Å². The second-order valence-corrected chi connectivity index (χ2v) is 9.86. The fourth-order valence-electron chi connectivity index (χ4n) is 3.36. The smallest absolute Gasteiger partial charge is 0.870 e. The first-order chi connectivity index (χ1) is 14.3. The molecule has 0 radical (unpaired) electrons. The molecule has 0 saturated heterocycles. The van der Waals surface area contributed by atoms with Crippen molar-refractivity contribution in [2.75, 3.05) is 6.61 Å². The van der Waals surface area contributed by atoms with Crippen molar-refractivity contribution in [3.05, 3.63) is 88.4 Å². The fourth-order valence-corrected chi connectivity index (χ4v) is 5.87. The minimum atomic E-state index is -0.884. The van der Waals surface area contributed by atoms with Crippen molar-refractivity contribution in [3.8, 4) is 5.75 Å². The molecule has 2 aliphatic rings. The first kappa shape index (κ1) is 28.6. The topological polar surface area (TPSA) is 85.8 Å². The summed E-state index contributed by atoms with van der Waals surface area (Å²) in [7, 11) is 0. The van der Waals surface area contributed by atoms with Crippen molar-refractivity contribution in [1.29, 1.82) is 0 Å². The summed E-state index contributed by atoms with van der Waals surface area (Å²) in [5.41, 5.74) is 3.43. The molecule has 2 aromatic carbocycles. The Morgan fingerprint density at radius 1 is 1.19 bits per heavy atom. The van der Waals surface area contributed by atoms with Crippen LogP contribution < -0.4 is 56.1 Å². The van der Waals surface area contributed by atoms with Gasteiger partial charge in [0.1, 0.15) is 11.9 Å². The van der Waals surface area contributed by atoms with E-state index in [9.17, 15) is 9.90 Å². The van der Waals surface area contributed by atoms with E-state index in [0.717, 1.165) is 21.2 Å². The monoisotopic (exact) mass is 713 g/mol. The second kappa shape index (κ2) is 11.9. The van der Waals surface area contributed by atoms with Crippen molar-refractivity contribution in [1.82, 2.24) is 0 Å². The molecule has 0 bridgehead atoms. The number of ether oxygens (including phenoxy) is 2. The van der Waals surface area contributed by atoms with Gasteiger partial charge in [-0.2, -0.15) is 6.07 Å². The molecule has 4 rings (SSSR count). The minimum Gasteiger partial charge on any atom is -0.870 e. The molecule has 5 nitrogen and oxygen atoms in total. The van der Waals surface area contributed by atoms with E-state index in [1.165, 1.54) is 0 Å². The van der Waals surface area contributed by atoms with Crippen LogP contribution in [0.15, 0.2) is 65.7 Å². The summed E-state index contributed by atoms with van der Waals surface area (Å²) in [5, 5.41) is 10.5. The molecule has 0 amide bonds. The molecule has 0 fully saturated rings. The molecule has 1 aliphatic heterocycles. The number of halogens is 4. The summed E-state index contributed by atoms with van der Waals surface area (Å²) >= 11 is 13.9. The van der Waals surface area contributed by atoms with E-state index in [-0.39, 0.29) is 63.5 Å². The third-order valence-corrected chi connectivity index (χ3v) is 7.07. The van der Waals surface area contributed by atoms with Gasteiger partial charge in [0.15, 0.2) is 0 Å². The SMILES string of the molecule is CCOC(=O)c1ccccc1C1=C2C=C(Br)C(O)C(Br)=C2Oc2c(Br)[c-]c(Br)cc21.[K+].[OH-]. The van der Waals surface area contributed by atoms with Gasteiger partial charge in [0, 0.05) is 15.8 Å². The number of esters is 1. The molecule has 1 unspecified atom stereocenters. The molecule has 1 atom stereocenters. The van der Waals surface area contributed by atoms with Crippen molar-refractivity contribution < 1.29 is 76.2 Å². The zero-order valence-corrected chi connectivity index (χ0v) is 26.3. The van der Waals surface area contributed by atoms with E-state index in [4.69, 9.17) is 9.47 Å². The van der Waals surface area contributed by atoms with Crippen molar-refractivity contribution in [2.45, 2.75) is 13.0 Å². The maximum atomic E-state index is 12.7. The average Bonchev–Trinajstić information content (AvgIpc) is 2.71. The number of carbonyl (C=O) groups excluding carboxylic acids is 1. The van der Waals surface area contributed by atoms with Crippen LogP contribution >= 0.6 is 63.7 Å². The summed E-state index contributed by atoms with van der Waals surface area (Å²) in [6, 6.07) is 12.3. The number of rotatable bonds is 3. The first-order valence-corrected chi connectivity index (χ1v) is 12.1. The Kier molecular flexibility index (Phi) is 10.6. The molecule has 162 valence electrons. The standard InChI is InChI=1S/C22H13Br4O4.K.H2O/c1-2-29-22(28)12-6-4-3-5-11(12)17-13-7-10(23)8-16(25)20(13)30-21-14(17)9-15(24)19(27)18(21)26;;/h3-7,9,19,27H,2H2,1H3;;1H2/q-1;+1;/p-1.